The maximum Gasteiger partial charge on any atom is 0.256 e. The SMILES string of the molecule is Cc1nc([C@H]2CCCCCN2C(=O)c2ccc(N(C)C)nc2)no1. The summed E-state index contributed by atoms with van der Waals surface area (Å²) in [7, 11) is 3.85. The van der Waals surface area contributed by atoms with Crippen LogP contribution in [0.1, 0.15) is 53.8 Å². The summed E-state index contributed by atoms with van der Waals surface area (Å²) in [6.07, 6.45) is 5.64. The number of likely N-dealkylation sites (tertiary alicyclic amines) is 1. The summed E-state index contributed by atoms with van der Waals surface area (Å²) in [5.41, 5.74) is 0.590. The Kier molecular flexibility index (Phi) is 4.78. The molecule has 1 aliphatic rings. The Balaban J connectivity index is 1.86. The van der Waals surface area contributed by atoms with Gasteiger partial charge in [0.05, 0.1) is 11.6 Å². The van der Waals surface area contributed by atoms with Gasteiger partial charge < -0.3 is 14.3 Å². The van der Waals surface area contributed by atoms with E-state index < -0.39 is 0 Å². The first-order valence-corrected chi connectivity index (χ1v) is 8.31. The van der Waals surface area contributed by atoms with E-state index >= 15 is 0 Å². The summed E-state index contributed by atoms with van der Waals surface area (Å²) in [5, 5.41) is 4.04. The molecule has 0 radical (unpaired) electrons. The number of aryl methyl sites for hydroxylation is 1. The van der Waals surface area contributed by atoms with Crippen molar-refractivity contribution in [2.24, 2.45) is 0 Å². The third-order valence-corrected chi connectivity index (χ3v) is 4.31. The predicted octanol–water partition coefficient (Wildman–Crippen LogP) is 2.60. The van der Waals surface area contributed by atoms with Crippen LogP contribution >= 0.6 is 0 Å². The van der Waals surface area contributed by atoms with E-state index in [4.69, 9.17) is 4.52 Å². The molecule has 7 nitrogen and oxygen atoms in total. The first kappa shape index (κ1) is 16.4. The smallest absolute Gasteiger partial charge is 0.256 e. The molecule has 0 aliphatic carbocycles. The largest absolute Gasteiger partial charge is 0.363 e. The molecular formula is C17H23N5O2. The van der Waals surface area contributed by atoms with Crippen molar-refractivity contribution in [3.63, 3.8) is 0 Å². The molecule has 3 heterocycles. The number of nitrogens with zero attached hydrogens (tertiary/aromatic N) is 5. The van der Waals surface area contributed by atoms with E-state index in [2.05, 4.69) is 15.1 Å². The van der Waals surface area contributed by atoms with E-state index in [0.29, 0.717) is 23.8 Å². The van der Waals surface area contributed by atoms with Gasteiger partial charge in [0.1, 0.15) is 5.82 Å². The highest BCUT2D eigenvalue weighted by Crippen LogP contribution is 2.29. The minimum absolute atomic E-state index is 0.0258. The molecular weight excluding hydrogens is 306 g/mol. The van der Waals surface area contributed by atoms with E-state index in [1.165, 1.54) is 0 Å². The molecule has 1 fully saturated rings. The van der Waals surface area contributed by atoms with Crippen molar-refractivity contribution in [1.29, 1.82) is 0 Å². The van der Waals surface area contributed by atoms with Crippen molar-refractivity contribution >= 4 is 11.7 Å². The summed E-state index contributed by atoms with van der Waals surface area (Å²) >= 11 is 0. The van der Waals surface area contributed by atoms with Crippen molar-refractivity contribution in [2.75, 3.05) is 25.5 Å². The van der Waals surface area contributed by atoms with E-state index in [9.17, 15) is 4.79 Å². The fourth-order valence-corrected chi connectivity index (χ4v) is 3.01. The van der Waals surface area contributed by atoms with Crippen molar-refractivity contribution in [3.05, 3.63) is 35.6 Å². The Morgan fingerprint density at radius 2 is 2.12 bits per heavy atom. The minimum atomic E-state index is -0.133. The first-order valence-electron chi connectivity index (χ1n) is 8.31. The highest BCUT2D eigenvalue weighted by molar-refractivity contribution is 5.94. The van der Waals surface area contributed by atoms with Gasteiger partial charge in [0.2, 0.25) is 5.89 Å². The van der Waals surface area contributed by atoms with Gasteiger partial charge in [0, 0.05) is 33.8 Å². The Labute approximate surface area is 141 Å². The zero-order chi connectivity index (χ0) is 17.1. The van der Waals surface area contributed by atoms with Crippen molar-refractivity contribution in [1.82, 2.24) is 20.0 Å². The van der Waals surface area contributed by atoms with Crippen LogP contribution in [-0.2, 0) is 0 Å². The predicted molar refractivity (Wildman–Crippen MR) is 89.8 cm³/mol. The van der Waals surface area contributed by atoms with Crippen LogP contribution in [0.5, 0.6) is 0 Å². The number of rotatable bonds is 3. The second-order valence-electron chi connectivity index (χ2n) is 6.33. The number of pyridine rings is 1. The molecule has 0 bridgehead atoms. The highest BCUT2D eigenvalue weighted by Gasteiger charge is 2.30. The molecule has 3 rings (SSSR count). The molecule has 0 N–H and O–H groups in total. The maximum absolute atomic E-state index is 13.0. The average Bonchev–Trinajstić information content (AvgIpc) is 2.86. The normalized spacial score (nSPS) is 18.3. The highest BCUT2D eigenvalue weighted by atomic mass is 16.5. The molecule has 0 spiro atoms. The van der Waals surface area contributed by atoms with Gasteiger partial charge >= 0.3 is 0 Å². The van der Waals surface area contributed by atoms with Gasteiger partial charge in [-0.25, -0.2) is 4.98 Å². The molecule has 24 heavy (non-hydrogen) atoms. The molecule has 1 aliphatic heterocycles. The molecule has 2 aromatic heterocycles. The van der Waals surface area contributed by atoms with Gasteiger partial charge in [0.15, 0.2) is 5.82 Å². The summed E-state index contributed by atoms with van der Waals surface area (Å²) < 4.78 is 5.12. The van der Waals surface area contributed by atoms with Gasteiger partial charge in [-0.3, -0.25) is 4.79 Å². The lowest BCUT2D eigenvalue weighted by Gasteiger charge is -2.28. The van der Waals surface area contributed by atoms with Crippen LogP contribution in [-0.4, -0.2) is 46.6 Å². The van der Waals surface area contributed by atoms with Gasteiger partial charge in [-0.05, 0) is 25.0 Å². The first-order chi connectivity index (χ1) is 11.6. The summed E-state index contributed by atoms with van der Waals surface area (Å²) in [5.74, 6) is 1.93. The Morgan fingerprint density at radius 1 is 1.29 bits per heavy atom. The number of carbonyl (C=O) groups is 1. The molecule has 0 unspecified atom stereocenters. The summed E-state index contributed by atoms with van der Waals surface area (Å²) in [4.78, 5) is 25.5. The maximum atomic E-state index is 13.0. The van der Waals surface area contributed by atoms with Crippen LogP contribution in [0.3, 0.4) is 0 Å². The third kappa shape index (κ3) is 3.39. The van der Waals surface area contributed by atoms with Crippen molar-refractivity contribution in [2.45, 2.75) is 38.6 Å². The molecule has 1 atom stereocenters. The zero-order valence-electron chi connectivity index (χ0n) is 14.4. The number of amides is 1. The number of carbonyl (C=O) groups excluding carboxylic acids is 1. The van der Waals surface area contributed by atoms with Crippen LogP contribution in [0.25, 0.3) is 0 Å². The monoisotopic (exact) mass is 329 g/mol. The standard InChI is InChI=1S/C17H23N5O2/c1-12-19-16(20-24-12)14-7-5-4-6-10-22(14)17(23)13-8-9-15(18-11-13)21(2)3/h8-9,11,14H,4-7,10H2,1-3H3/t14-/m1/s1. The van der Waals surface area contributed by atoms with Gasteiger partial charge in [-0.15, -0.1) is 0 Å². The van der Waals surface area contributed by atoms with Crippen LogP contribution < -0.4 is 4.90 Å². The number of hydrogen-bond donors (Lipinski definition) is 0. The molecule has 2 aromatic rings. The Hall–Kier alpha value is -2.44. The van der Waals surface area contributed by atoms with E-state index in [1.54, 1.807) is 13.1 Å². The van der Waals surface area contributed by atoms with E-state index in [0.717, 1.165) is 31.5 Å². The zero-order valence-corrected chi connectivity index (χ0v) is 14.4. The van der Waals surface area contributed by atoms with E-state index in [-0.39, 0.29) is 11.9 Å². The third-order valence-electron chi connectivity index (χ3n) is 4.31. The molecule has 128 valence electrons. The van der Waals surface area contributed by atoms with E-state index in [1.807, 2.05) is 36.0 Å². The topological polar surface area (TPSA) is 75.4 Å². The Morgan fingerprint density at radius 3 is 2.75 bits per heavy atom. The van der Waals surface area contributed by atoms with Crippen LogP contribution in [0.4, 0.5) is 5.82 Å². The fraction of sp³-hybridized carbons (Fsp3) is 0.529. The molecule has 0 saturated carbocycles. The molecule has 7 heteroatoms. The van der Waals surface area contributed by atoms with Gasteiger partial charge in [-0.2, -0.15) is 4.98 Å². The summed E-state index contributed by atoms with van der Waals surface area (Å²) in [6, 6.07) is 3.55. The van der Waals surface area contributed by atoms with Crippen molar-refractivity contribution in [3.8, 4) is 0 Å². The minimum Gasteiger partial charge on any atom is -0.363 e. The second kappa shape index (κ2) is 6.98. The number of hydrogen-bond acceptors (Lipinski definition) is 6. The number of aromatic nitrogens is 3. The van der Waals surface area contributed by atoms with Crippen LogP contribution in [0, 0.1) is 6.92 Å². The lowest BCUT2D eigenvalue weighted by Crippen LogP contribution is -2.35. The van der Waals surface area contributed by atoms with Gasteiger partial charge in [-0.1, -0.05) is 18.0 Å². The van der Waals surface area contributed by atoms with Crippen LogP contribution in [0.2, 0.25) is 0 Å². The van der Waals surface area contributed by atoms with Gasteiger partial charge in [0.25, 0.3) is 5.91 Å². The fourth-order valence-electron chi connectivity index (χ4n) is 3.01. The quantitative estimate of drug-likeness (QED) is 0.861. The number of anilines is 1. The van der Waals surface area contributed by atoms with Crippen LogP contribution in [0.15, 0.2) is 22.9 Å². The molecule has 0 aromatic carbocycles. The lowest BCUT2D eigenvalue weighted by atomic mass is 10.1. The average molecular weight is 329 g/mol. The summed E-state index contributed by atoms with van der Waals surface area (Å²) in [6.45, 7) is 2.47. The molecule has 1 amide bonds. The lowest BCUT2D eigenvalue weighted by molar-refractivity contribution is 0.0670. The molecule has 1 saturated heterocycles. The Bertz CT molecular complexity index is 695. The second-order valence-corrected chi connectivity index (χ2v) is 6.33. The van der Waals surface area contributed by atoms with Crippen molar-refractivity contribution < 1.29 is 9.32 Å².